The zero-order valence-electron chi connectivity index (χ0n) is 11.0. The largest absolute Gasteiger partial charge is 0.504 e. The Balaban J connectivity index is 1.92. The third-order valence-corrected chi connectivity index (χ3v) is 3.91. The summed E-state index contributed by atoms with van der Waals surface area (Å²) in [5.74, 6) is 0.142. The Kier molecular flexibility index (Phi) is 2.48. The summed E-state index contributed by atoms with van der Waals surface area (Å²) >= 11 is 0. The highest BCUT2D eigenvalue weighted by Crippen LogP contribution is 2.63. The summed E-state index contributed by atoms with van der Waals surface area (Å²) in [6, 6.07) is 6.56. The van der Waals surface area contributed by atoms with Crippen molar-refractivity contribution in [3.05, 3.63) is 24.1 Å². The average molecular weight is 271 g/mol. The fourth-order valence-corrected chi connectivity index (χ4v) is 2.48. The van der Waals surface area contributed by atoms with Gasteiger partial charge in [-0.05, 0) is 23.6 Å². The number of aromatic hydroxyl groups is 2. The van der Waals surface area contributed by atoms with Crippen LogP contribution in [0.4, 0.5) is 0 Å². The number of nitrogens with zero attached hydrogens (tertiary/aromatic N) is 3. The summed E-state index contributed by atoms with van der Waals surface area (Å²) in [6.07, 6.45) is 0. The molecular weight excluding hydrogens is 258 g/mol. The first-order chi connectivity index (χ1) is 9.45. The van der Waals surface area contributed by atoms with Crippen LogP contribution in [-0.4, -0.2) is 20.4 Å². The topological polar surface area (TPSA) is 103 Å². The lowest BCUT2D eigenvalue weighted by Crippen LogP contribution is -1.90. The van der Waals surface area contributed by atoms with Crippen LogP contribution in [0.25, 0.3) is 11.4 Å². The Bertz CT molecular complexity index is 715. The summed E-state index contributed by atoms with van der Waals surface area (Å²) < 4.78 is 5.22. The van der Waals surface area contributed by atoms with Gasteiger partial charge in [0, 0.05) is 5.56 Å². The minimum Gasteiger partial charge on any atom is -0.504 e. The van der Waals surface area contributed by atoms with E-state index < -0.39 is 0 Å². The van der Waals surface area contributed by atoms with E-state index in [-0.39, 0.29) is 28.7 Å². The third kappa shape index (κ3) is 1.71. The number of rotatable bonds is 2. The molecule has 2 aromatic rings. The lowest BCUT2D eigenvalue weighted by Gasteiger charge is -1.98. The summed E-state index contributed by atoms with van der Waals surface area (Å²) in [4.78, 5) is 4.29. The molecule has 2 unspecified atom stereocenters. The molecule has 0 bridgehead atoms. The zero-order valence-corrected chi connectivity index (χ0v) is 11.0. The van der Waals surface area contributed by atoms with E-state index in [1.165, 1.54) is 12.1 Å². The molecule has 0 amide bonds. The van der Waals surface area contributed by atoms with E-state index in [0.717, 1.165) is 0 Å². The SMILES string of the molecule is CC1(C)C(C#N)C1c1nc(-c2ccc(O)c(O)c2)no1. The van der Waals surface area contributed by atoms with Crippen molar-refractivity contribution >= 4 is 0 Å². The molecule has 0 saturated heterocycles. The van der Waals surface area contributed by atoms with Crippen molar-refractivity contribution in [2.24, 2.45) is 11.3 Å². The quantitative estimate of drug-likeness (QED) is 0.813. The van der Waals surface area contributed by atoms with Crippen LogP contribution in [0, 0.1) is 22.7 Å². The number of benzene rings is 1. The van der Waals surface area contributed by atoms with E-state index in [1.54, 1.807) is 6.07 Å². The first kappa shape index (κ1) is 12.5. The van der Waals surface area contributed by atoms with E-state index in [1.807, 2.05) is 13.8 Å². The van der Waals surface area contributed by atoms with Gasteiger partial charge in [-0.15, -0.1) is 0 Å². The highest BCUT2D eigenvalue weighted by molar-refractivity contribution is 5.60. The van der Waals surface area contributed by atoms with Crippen LogP contribution in [0.1, 0.15) is 25.7 Å². The second kappa shape index (κ2) is 3.97. The molecule has 1 fully saturated rings. The van der Waals surface area contributed by atoms with Crippen molar-refractivity contribution in [3.63, 3.8) is 0 Å². The standard InChI is InChI=1S/C14H13N3O3/c1-14(2)8(6-15)11(14)13-16-12(17-20-13)7-3-4-9(18)10(19)5-7/h3-5,8,11,18-19H,1-2H3. The van der Waals surface area contributed by atoms with Gasteiger partial charge in [-0.3, -0.25) is 0 Å². The Morgan fingerprint density at radius 3 is 2.65 bits per heavy atom. The summed E-state index contributed by atoms with van der Waals surface area (Å²) in [5.41, 5.74) is 0.387. The van der Waals surface area contributed by atoms with Crippen LogP contribution in [0.5, 0.6) is 11.5 Å². The molecule has 6 nitrogen and oxygen atoms in total. The molecule has 1 saturated carbocycles. The molecule has 2 N–H and O–H groups in total. The number of hydrogen-bond donors (Lipinski definition) is 2. The van der Waals surface area contributed by atoms with Crippen LogP contribution in [-0.2, 0) is 0 Å². The van der Waals surface area contributed by atoms with Crippen molar-refractivity contribution in [2.75, 3.05) is 0 Å². The van der Waals surface area contributed by atoms with Crippen molar-refractivity contribution in [3.8, 4) is 29.0 Å². The van der Waals surface area contributed by atoms with Gasteiger partial charge in [0.15, 0.2) is 11.5 Å². The first-order valence-electron chi connectivity index (χ1n) is 6.20. The molecule has 1 aromatic heterocycles. The lowest BCUT2D eigenvalue weighted by atomic mass is 10.1. The molecule has 1 heterocycles. The Morgan fingerprint density at radius 1 is 1.30 bits per heavy atom. The first-order valence-corrected chi connectivity index (χ1v) is 6.20. The average Bonchev–Trinajstić information content (AvgIpc) is 2.76. The molecule has 1 aliphatic rings. The van der Waals surface area contributed by atoms with Gasteiger partial charge >= 0.3 is 0 Å². The van der Waals surface area contributed by atoms with E-state index >= 15 is 0 Å². The zero-order chi connectivity index (χ0) is 14.5. The van der Waals surface area contributed by atoms with Crippen molar-refractivity contribution in [2.45, 2.75) is 19.8 Å². The van der Waals surface area contributed by atoms with Gasteiger partial charge in [0.1, 0.15) is 0 Å². The van der Waals surface area contributed by atoms with Crippen LogP contribution in [0.3, 0.4) is 0 Å². The fraction of sp³-hybridized carbons (Fsp3) is 0.357. The molecule has 0 aliphatic heterocycles. The maximum absolute atomic E-state index is 9.47. The minimum absolute atomic E-state index is 0.0561. The van der Waals surface area contributed by atoms with E-state index in [4.69, 9.17) is 9.78 Å². The molecule has 3 rings (SSSR count). The van der Waals surface area contributed by atoms with Gasteiger partial charge in [-0.1, -0.05) is 19.0 Å². The predicted molar refractivity (Wildman–Crippen MR) is 68.7 cm³/mol. The second-order valence-corrected chi connectivity index (χ2v) is 5.57. The minimum atomic E-state index is -0.240. The molecule has 6 heteroatoms. The Labute approximate surface area is 115 Å². The monoisotopic (exact) mass is 271 g/mol. The highest BCUT2D eigenvalue weighted by Gasteiger charge is 2.62. The number of nitriles is 1. The Hall–Kier alpha value is -2.55. The molecule has 1 aromatic carbocycles. The fourth-order valence-electron chi connectivity index (χ4n) is 2.48. The number of phenolic OH excluding ortho intramolecular Hbond substituents is 2. The third-order valence-electron chi connectivity index (χ3n) is 3.91. The molecule has 102 valence electrons. The predicted octanol–water partition coefficient (Wildman–Crippen LogP) is 2.41. The van der Waals surface area contributed by atoms with Gasteiger partial charge in [0.2, 0.25) is 11.7 Å². The van der Waals surface area contributed by atoms with Gasteiger partial charge in [0.25, 0.3) is 0 Å². The molecule has 1 aliphatic carbocycles. The molecule has 0 radical (unpaired) electrons. The van der Waals surface area contributed by atoms with Crippen LogP contribution >= 0.6 is 0 Å². The second-order valence-electron chi connectivity index (χ2n) is 5.57. The lowest BCUT2D eigenvalue weighted by molar-refractivity contribution is 0.368. The van der Waals surface area contributed by atoms with Crippen molar-refractivity contribution in [1.29, 1.82) is 5.26 Å². The van der Waals surface area contributed by atoms with E-state index in [2.05, 4.69) is 16.2 Å². The van der Waals surface area contributed by atoms with E-state index in [0.29, 0.717) is 17.3 Å². The molecule has 0 spiro atoms. The normalized spacial score (nSPS) is 23.2. The van der Waals surface area contributed by atoms with Crippen molar-refractivity contribution in [1.82, 2.24) is 10.1 Å². The van der Waals surface area contributed by atoms with Crippen LogP contribution in [0.15, 0.2) is 22.7 Å². The highest BCUT2D eigenvalue weighted by atomic mass is 16.5. The summed E-state index contributed by atoms with van der Waals surface area (Å²) in [5, 5.41) is 31.7. The molecule has 20 heavy (non-hydrogen) atoms. The van der Waals surface area contributed by atoms with Gasteiger partial charge in [-0.2, -0.15) is 10.2 Å². The summed E-state index contributed by atoms with van der Waals surface area (Å²) in [7, 11) is 0. The summed E-state index contributed by atoms with van der Waals surface area (Å²) in [6.45, 7) is 3.98. The van der Waals surface area contributed by atoms with Crippen LogP contribution < -0.4 is 0 Å². The smallest absolute Gasteiger partial charge is 0.232 e. The van der Waals surface area contributed by atoms with Crippen molar-refractivity contribution < 1.29 is 14.7 Å². The Morgan fingerprint density at radius 2 is 2.05 bits per heavy atom. The van der Waals surface area contributed by atoms with Gasteiger partial charge in [0.05, 0.1) is 17.9 Å². The maximum atomic E-state index is 9.47. The molecular formula is C14H13N3O3. The number of aromatic nitrogens is 2. The van der Waals surface area contributed by atoms with Gasteiger partial charge in [-0.25, -0.2) is 0 Å². The van der Waals surface area contributed by atoms with E-state index in [9.17, 15) is 10.2 Å². The van der Waals surface area contributed by atoms with Gasteiger partial charge < -0.3 is 14.7 Å². The van der Waals surface area contributed by atoms with Crippen LogP contribution in [0.2, 0.25) is 0 Å². The maximum Gasteiger partial charge on any atom is 0.232 e. The number of hydrogen-bond acceptors (Lipinski definition) is 6. The number of phenols is 2. The molecule has 2 atom stereocenters.